The van der Waals surface area contributed by atoms with Gasteiger partial charge in [-0.25, -0.2) is 4.39 Å². The molecule has 0 radical (unpaired) electrons. The molecule has 0 fully saturated rings. The third-order valence-corrected chi connectivity index (χ3v) is 2.10. The van der Waals surface area contributed by atoms with E-state index in [1.54, 1.807) is 6.07 Å². The second kappa shape index (κ2) is 6.77. The average molecular weight is 249 g/mol. The van der Waals surface area contributed by atoms with Crippen molar-refractivity contribution in [2.45, 2.75) is 26.3 Å². The summed E-state index contributed by atoms with van der Waals surface area (Å²) in [4.78, 5) is 11.6. The van der Waals surface area contributed by atoms with E-state index < -0.39 is 11.7 Å². The first-order valence-electron chi connectivity index (χ1n) is 5.74. The molecule has 0 aliphatic heterocycles. The van der Waals surface area contributed by atoms with Crippen LogP contribution in [0.25, 0.3) is 0 Å². The lowest BCUT2D eigenvalue weighted by molar-refractivity contribution is 0.0939. The smallest absolute Gasteiger partial charge is 0.254 e. The van der Waals surface area contributed by atoms with Crippen LogP contribution in [0.3, 0.4) is 0 Å². The second-order valence-electron chi connectivity index (χ2n) is 4.10. The quantitative estimate of drug-likeness (QED) is 0.801. The first-order chi connectivity index (χ1) is 8.54. The third-order valence-electron chi connectivity index (χ3n) is 2.10. The van der Waals surface area contributed by atoms with E-state index >= 15 is 0 Å². The van der Waals surface area contributed by atoms with Gasteiger partial charge in [-0.2, -0.15) is 0 Å². The van der Waals surface area contributed by atoms with Crippen LogP contribution in [0.1, 0.15) is 36.2 Å². The summed E-state index contributed by atoms with van der Waals surface area (Å²) in [6.07, 6.45) is 0.344. The van der Waals surface area contributed by atoms with Gasteiger partial charge in [0, 0.05) is 18.0 Å². The first kappa shape index (κ1) is 14.2. The lowest BCUT2D eigenvalue weighted by Gasteiger charge is -2.08. The zero-order chi connectivity index (χ0) is 13.5. The van der Waals surface area contributed by atoms with Crippen LogP contribution < -0.4 is 5.32 Å². The molecule has 4 heteroatoms. The number of nitrogens with one attached hydrogen (secondary N) is 1. The summed E-state index contributed by atoms with van der Waals surface area (Å²) in [6, 6.07) is 4.18. The molecule has 0 aliphatic rings. The zero-order valence-electron chi connectivity index (χ0n) is 10.5. The molecule has 0 bridgehead atoms. The summed E-state index contributed by atoms with van der Waals surface area (Å²) < 4.78 is 13.7. The summed E-state index contributed by atoms with van der Waals surface area (Å²) in [6.45, 7) is 3.60. The number of hydrogen-bond acceptors (Lipinski definition) is 2. The lowest BCUT2D eigenvalue weighted by atomic mass is 10.1. The Kier molecular flexibility index (Phi) is 5.34. The molecular weight excluding hydrogens is 233 g/mol. The molecule has 0 unspecified atom stereocenters. The summed E-state index contributed by atoms with van der Waals surface area (Å²) in [5.74, 6) is 4.38. The van der Waals surface area contributed by atoms with Crippen molar-refractivity contribution in [3.05, 3.63) is 35.1 Å². The maximum atomic E-state index is 13.7. The van der Waals surface area contributed by atoms with E-state index in [1.165, 1.54) is 12.1 Å². The van der Waals surface area contributed by atoms with Crippen LogP contribution in [0, 0.1) is 17.7 Å². The highest BCUT2D eigenvalue weighted by atomic mass is 19.1. The van der Waals surface area contributed by atoms with Crippen molar-refractivity contribution >= 4 is 5.91 Å². The van der Waals surface area contributed by atoms with Gasteiger partial charge in [0.25, 0.3) is 5.91 Å². The number of hydrogen-bond donors (Lipinski definition) is 2. The number of carbonyl (C=O) groups is 1. The molecular formula is C14H16FNO2. The minimum absolute atomic E-state index is 0.0106. The maximum Gasteiger partial charge on any atom is 0.254 e. The molecule has 1 aromatic carbocycles. The highest BCUT2D eigenvalue weighted by Gasteiger charge is 2.12. The molecule has 0 saturated carbocycles. The highest BCUT2D eigenvalue weighted by molar-refractivity contribution is 5.94. The zero-order valence-corrected chi connectivity index (χ0v) is 10.5. The van der Waals surface area contributed by atoms with E-state index in [-0.39, 0.29) is 18.2 Å². The number of amides is 1. The molecule has 1 rings (SSSR count). The van der Waals surface area contributed by atoms with E-state index in [0.29, 0.717) is 12.0 Å². The van der Waals surface area contributed by atoms with Crippen LogP contribution in [0.15, 0.2) is 18.2 Å². The molecule has 0 aliphatic carbocycles. The van der Waals surface area contributed by atoms with Crippen molar-refractivity contribution in [1.29, 1.82) is 0 Å². The van der Waals surface area contributed by atoms with Crippen molar-refractivity contribution in [2.24, 2.45) is 0 Å². The van der Waals surface area contributed by atoms with Crippen LogP contribution in [-0.2, 0) is 0 Å². The fraction of sp³-hybridized carbons (Fsp3) is 0.357. The molecule has 1 aromatic rings. The molecule has 0 spiro atoms. The summed E-state index contributed by atoms with van der Waals surface area (Å²) in [5.41, 5.74) is 0.499. The van der Waals surface area contributed by atoms with Crippen LogP contribution in [0.2, 0.25) is 0 Å². The van der Waals surface area contributed by atoms with Crippen molar-refractivity contribution in [3.8, 4) is 11.8 Å². The molecule has 2 N–H and O–H groups in total. The number of aliphatic hydroxyl groups excluding tert-OH is 1. The Morgan fingerprint density at radius 1 is 1.50 bits per heavy atom. The summed E-state index contributed by atoms with van der Waals surface area (Å²) in [7, 11) is 0. The normalized spacial score (nSPS) is 9.83. The standard InChI is InChI=1S/C14H16FNO2/c1-10(2)16-14(18)12-7-6-11(9-13(12)15)5-3-4-8-17/h6-7,9-10,17H,4,8H2,1-2H3,(H,16,18). The Labute approximate surface area is 106 Å². The maximum absolute atomic E-state index is 13.7. The van der Waals surface area contributed by atoms with Gasteiger partial charge in [-0.05, 0) is 32.0 Å². The number of benzene rings is 1. The Hall–Kier alpha value is -1.86. The van der Waals surface area contributed by atoms with Gasteiger partial charge < -0.3 is 10.4 Å². The van der Waals surface area contributed by atoms with Crippen LogP contribution >= 0.6 is 0 Å². The van der Waals surface area contributed by atoms with E-state index in [1.807, 2.05) is 13.8 Å². The van der Waals surface area contributed by atoms with Crippen molar-refractivity contribution in [3.63, 3.8) is 0 Å². The Bertz CT molecular complexity index is 486. The van der Waals surface area contributed by atoms with Gasteiger partial charge in [-0.3, -0.25) is 4.79 Å². The fourth-order valence-corrected chi connectivity index (χ4v) is 1.34. The lowest BCUT2D eigenvalue weighted by Crippen LogP contribution is -2.30. The highest BCUT2D eigenvalue weighted by Crippen LogP contribution is 2.10. The predicted octanol–water partition coefficient (Wildman–Crippen LogP) is 1.70. The van der Waals surface area contributed by atoms with E-state index in [2.05, 4.69) is 17.2 Å². The van der Waals surface area contributed by atoms with Gasteiger partial charge in [-0.1, -0.05) is 11.8 Å². The first-order valence-corrected chi connectivity index (χ1v) is 5.74. The second-order valence-corrected chi connectivity index (χ2v) is 4.10. The van der Waals surface area contributed by atoms with Crippen molar-refractivity contribution in [1.82, 2.24) is 5.32 Å². The van der Waals surface area contributed by atoms with Gasteiger partial charge in [0.15, 0.2) is 0 Å². The molecule has 1 amide bonds. The van der Waals surface area contributed by atoms with Crippen LogP contribution in [0.5, 0.6) is 0 Å². The molecule has 0 heterocycles. The number of rotatable bonds is 3. The largest absolute Gasteiger partial charge is 0.395 e. The molecule has 96 valence electrons. The molecule has 0 aromatic heterocycles. The molecule has 0 atom stereocenters. The van der Waals surface area contributed by atoms with Crippen molar-refractivity contribution in [2.75, 3.05) is 6.61 Å². The van der Waals surface area contributed by atoms with Gasteiger partial charge in [0.1, 0.15) is 5.82 Å². The monoisotopic (exact) mass is 249 g/mol. The minimum atomic E-state index is -0.594. The predicted molar refractivity (Wildman–Crippen MR) is 67.6 cm³/mol. The fourth-order valence-electron chi connectivity index (χ4n) is 1.34. The Morgan fingerprint density at radius 3 is 2.78 bits per heavy atom. The number of halogens is 1. The number of aliphatic hydroxyl groups is 1. The van der Waals surface area contributed by atoms with E-state index in [9.17, 15) is 9.18 Å². The van der Waals surface area contributed by atoms with Crippen molar-refractivity contribution < 1.29 is 14.3 Å². The Morgan fingerprint density at radius 2 is 2.22 bits per heavy atom. The van der Waals surface area contributed by atoms with Gasteiger partial charge in [-0.15, -0.1) is 0 Å². The summed E-state index contributed by atoms with van der Waals surface area (Å²) >= 11 is 0. The topological polar surface area (TPSA) is 49.3 Å². The molecule has 3 nitrogen and oxygen atoms in total. The number of carbonyl (C=O) groups excluding carboxylic acids is 1. The van der Waals surface area contributed by atoms with Gasteiger partial charge in [0.2, 0.25) is 0 Å². The summed E-state index contributed by atoms with van der Waals surface area (Å²) in [5, 5.41) is 11.2. The van der Waals surface area contributed by atoms with Gasteiger partial charge in [0.05, 0.1) is 12.2 Å². The molecule has 18 heavy (non-hydrogen) atoms. The molecule has 0 saturated heterocycles. The van der Waals surface area contributed by atoms with E-state index in [0.717, 1.165) is 0 Å². The van der Waals surface area contributed by atoms with Crippen LogP contribution in [0.4, 0.5) is 4.39 Å². The van der Waals surface area contributed by atoms with E-state index in [4.69, 9.17) is 5.11 Å². The van der Waals surface area contributed by atoms with Gasteiger partial charge >= 0.3 is 0 Å². The third kappa shape index (κ3) is 4.19. The van der Waals surface area contributed by atoms with Crippen LogP contribution in [-0.4, -0.2) is 23.7 Å². The SMILES string of the molecule is CC(C)NC(=O)c1ccc(C#CCCO)cc1F. The Balaban J connectivity index is 2.87. The minimum Gasteiger partial charge on any atom is -0.395 e. The average Bonchev–Trinajstić information content (AvgIpc) is 2.28.